The van der Waals surface area contributed by atoms with E-state index < -0.39 is 0 Å². The van der Waals surface area contributed by atoms with E-state index in [9.17, 15) is 0 Å². The summed E-state index contributed by atoms with van der Waals surface area (Å²) in [5, 5.41) is 3.49. The van der Waals surface area contributed by atoms with Gasteiger partial charge in [-0.2, -0.15) is 0 Å². The molecule has 21 heavy (non-hydrogen) atoms. The maximum Gasteiger partial charge on any atom is 0.133 e. The highest BCUT2D eigenvalue weighted by Crippen LogP contribution is 2.24. The van der Waals surface area contributed by atoms with Crippen LogP contribution in [0.4, 0.5) is 5.82 Å². The lowest BCUT2D eigenvalue weighted by Gasteiger charge is -2.34. The van der Waals surface area contributed by atoms with Gasteiger partial charge in [0.25, 0.3) is 0 Å². The number of aromatic nitrogens is 1. The predicted octanol–water partition coefficient (Wildman–Crippen LogP) is 2.36. The van der Waals surface area contributed by atoms with Gasteiger partial charge in [0.2, 0.25) is 0 Å². The van der Waals surface area contributed by atoms with Crippen LogP contribution in [0.1, 0.15) is 31.7 Å². The fourth-order valence-electron chi connectivity index (χ4n) is 3.10. The number of nitrogens with one attached hydrogen (secondary N) is 1. The van der Waals surface area contributed by atoms with Crippen molar-refractivity contribution in [1.82, 2.24) is 15.2 Å². The molecule has 4 heteroatoms. The van der Waals surface area contributed by atoms with Gasteiger partial charge in [-0.25, -0.2) is 4.98 Å². The van der Waals surface area contributed by atoms with E-state index in [-0.39, 0.29) is 0 Å². The number of pyridine rings is 1. The molecule has 1 aliphatic rings. The Balaban J connectivity index is 1.93. The first kappa shape index (κ1) is 16.2. The van der Waals surface area contributed by atoms with Crippen LogP contribution in [-0.4, -0.2) is 50.2 Å². The van der Waals surface area contributed by atoms with Gasteiger partial charge in [0.15, 0.2) is 0 Å². The lowest BCUT2D eigenvalue weighted by molar-refractivity contribution is 0.284. The van der Waals surface area contributed by atoms with Gasteiger partial charge in [-0.1, -0.05) is 13.0 Å². The Morgan fingerprint density at radius 1 is 1.33 bits per heavy atom. The van der Waals surface area contributed by atoms with Crippen LogP contribution >= 0.6 is 0 Å². The zero-order valence-electron chi connectivity index (χ0n) is 13.8. The van der Waals surface area contributed by atoms with E-state index in [4.69, 9.17) is 0 Å². The highest BCUT2D eigenvalue weighted by molar-refractivity contribution is 5.47. The Labute approximate surface area is 129 Å². The van der Waals surface area contributed by atoms with Gasteiger partial charge in [0, 0.05) is 37.9 Å². The zero-order chi connectivity index (χ0) is 15.1. The largest absolute Gasteiger partial charge is 0.356 e. The maximum atomic E-state index is 4.64. The number of rotatable bonds is 7. The minimum absolute atomic E-state index is 0.835. The molecule has 0 spiro atoms. The molecule has 2 heterocycles. The van der Waals surface area contributed by atoms with E-state index in [0.29, 0.717) is 0 Å². The summed E-state index contributed by atoms with van der Waals surface area (Å²) in [5.41, 5.74) is 1.33. The van der Waals surface area contributed by atoms with Crippen LogP contribution < -0.4 is 10.2 Å². The molecule has 0 amide bonds. The maximum absolute atomic E-state index is 4.64. The van der Waals surface area contributed by atoms with Gasteiger partial charge in [0.05, 0.1) is 0 Å². The summed E-state index contributed by atoms with van der Waals surface area (Å²) in [5.74, 6) is 2.02. The molecular formula is C17H30N4. The van der Waals surface area contributed by atoms with Crippen molar-refractivity contribution in [2.24, 2.45) is 5.92 Å². The molecule has 0 unspecified atom stereocenters. The molecule has 1 fully saturated rings. The smallest absolute Gasteiger partial charge is 0.133 e. The predicted molar refractivity (Wildman–Crippen MR) is 89.7 cm³/mol. The third-order valence-electron chi connectivity index (χ3n) is 4.15. The van der Waals surface area contributed by atoms with Crippen LogP contribution in [0.15, 0.2) is 18.3 Å². The summed E-state index contributed by atoms with van der Waals surface area (Å²) in [6.07, 6.45) is 5.64. The monoisotopic (exact) mass is 290 g/mol. The van der Waals surface area contributed by atoms with E-state index in [2.05, 4.69) is 47.2 Å². The molecule has 0 aliphatic carbocycles. The van der Waals surface area contributed by atoms with Gasteiger partial charge >= 0.3 is 0 Å². The molecule has 0 radical (unpaired) electrons. The van der Waals surface area contributed by atoms with Crippen LogP contribution in [0.3, 0.4) is 0 Å². The summed E-state index contributed by atoms with van der Waals surface area (Å²) in [6.45, 7) is 7.67. The van der Waals surface area contributed by atoms with Crippen LogP contribution in [0.2, 0.25) is 0 Å². The molecule has 0 bridgehead atoms. The molecule has 0 atom stereocenters. The van der Waals surface area contributed by atoms with Crippen molar-refractivity contribution in [3.63, 3.8) is 0 Å². The fourth-order valence-corrected chi connectivity index (χ4v) is 3.10. The second kappa shape index (κ2) is 8.35. The van der Waals surface area contributed by atoms with Gasteiger partial charge < -0.3 is 15.1 Å². The lowest BCUT2D eigenvalue weighted by atomic mass is 9.96. The number of hydrogen-bond acceptors (Lipinski definition) is 4. The average Bonchev–Trinajstić information content (AvgIpc) is 2.48. The Hall–Kier alpha value is -1.13. The standard InChI is InChI=1S/C17H30N4/c1-4-9-18-13-16-6-5-10-19-17(16)21-11-7-15(8-12-21)14-20(2)3/h5-6,10,15,18H,4,7-9,11-14H2,1-3H3. The van der Waals surface area contributed by atoms with E-state index in [1.807, 2.05) is 12.3 Å². The Morgan fingerprint density at radius 2 is 2.10 bits per heavy atom. The van der Waals surface area contributed by atoms with Crippen molar-refractivity contribution in [2.75, 3.05) is 45.2 Å². The molecular weight excluding hydrogens is 260 g/mol. The molecule has 0 aromatic carbocycles. The quantitative estimate of drug-likeness (QED) is 0.781. The fraction of sp³-hybridized carbons (Fsp3) is 0.706. The molecule has 118 valence electrons. The van der Waals surface area contributed by atoms with E-state index in [0.717, 1.165) is 32.1 Å². The Bertz CT molecular complexity index is 411. The first-order chi connectivity index (χ1) is 10.2. The lowest BCUT2D eigenvalue weighted by Crippen LogP contribution is -2.38. The summed E-state index contributed by atoms with van der Waals surface area (Å²) in [6, 6.07) is 4.25. The van der Waals surface area contributed by atoms with Crippen molar-refractivity contribution < 1.29 is 0 Å². The SMILES string of the molecule is CCCNCc1cccnc1N1CCC(CN(C)C)CC1. The van der Waals surface area contributed by atoms with E-state index >= 15 is 0 Å². The first-order valence-corrected chi connectivity index (χ1v) is 8.25. The molecule has 1 aromatic heterocycles. The number of anilines is 1. The summed E-state index contributed by atoms with van der Waals surface area (Å²) in [4.78, 5) is 9.42. The molecule has 1 aromatic rings. The number of nitrogens with zero attached hydrogens (tertiary/aromatic N) is 3. The number of hydrogen-bond donors (Lipinski definition) is 1. The van der Waals surface area contributed by atoms with Crippen molar-refractivity contribution in [2.45, 2.75) is 32.7 Å². The van der Waals surface area contributed by atoms with Crippen LogP contribution in [0, 0.1) is 5.92 Å². The number of piperidine rings is 1. The second-order valence-corrected chi connectivity index (χ2v) is 6.36. The molecule has 2 rings (SSSR count). The highest BCUT2D eigenvalue weighted by Gasteiger charge is 2.21. The molecule has 0 saturated carbocycles. The van der Waals surface area contributed by atoms with Crippen LogP contribution in [0.5, 0.6) is 0 Å². The minimum atomic E-state index is 0.835. The zero-order valence-corrected chi connectivity index (χ0v) is 13.8. The van der Waals surface area contributed by atoms with Gasteiger partial charge in [-0.05, 0) is 51.9 Å². The molecule has 1 N–H and O–H groups in total. The summed E-state index contributed by atoms with van der Waals surface area (Å²) in [7, 11) is 4.34. The second-order valence-electron chi connectivity index (χ2n) is 6.36. The third kappa shape index (κ3) is 4.97. The van der Waals surface area contributed by atoms with E-state index in [1.165, 1.54) is 37.2 Å². The summed E-state index contributed by atoms with van der Waals surface area (Å²) >= 11 is 0. The normalized spacial score (nSPS) is 16.7. The highest BCUT2D eigenvalue weighted by atomic mass is 15.2. The Morgan fingerprint density at radius 3 is 2.76 bits per heavy atom. The van der Waals surface area contributed by atoms with Gasteiger partial charge in [-0.3, -0.25) is 0 Å². The average molecular weight is 290 g/mol. The third-order valence-corrected chi connectivity index (χ3v) is 4.15. The van der Waals surface area contributed by atoms with E-state index in [1.54, 1.807) is 0 Å². The topological polar surface area (TPSA) is 31.4 Å². The van der Waals surface area contributed by atoms with Crippen LogP contribution in [0.25, 0.3) is 0 Å². The van der Waals surface area contributed by atoms with Crippen LogP contribution in [-0.2, 0) is 6.54 Å². The van der Waals surface area contributed by atoms with Gasteiger partial charge in [-0.15, -0.1) is 0 Å². The summed E-state index contributed by atoms with van der Waals surface area (Å²) < 4.78 is 0. The van der Waals surface area contributed by atoms with Crippen molar-refractivity contribution in [1.29, 1.82) is 0 Å². The van der Waals surface area contributed by atoms with Crippen molar-refractivity contribution in [3.8, 4) is 0 Å². The molecule has 1 saturated heterocycles. The minimum Gasteiger partial charge on any atom is -0.356 e. The Kier molecular flexibility index (Phi) is 6.46. The van der Waals surface area contributed by atoms with Gasteiger partial charge in [0.1, 0.15) is 5.82 Å². The van der Waals surface area contributed by atoms with Crippen molar-refractivity contribution in [3.05, 3.63) is 23.9 Å². The van der Waals surface area contributed by atoms with Crippen molar-refractivity contribution >= 4 is 5.82 Å². The molecule has 1 aliphatic heterocycles. The first-order valence-electron chi connectivity index (χ1n) is 8.25. The molecule has 4 nitrogen and oxygen atoms in total.